The van der Waals surface area contributed by atoms with Crippen molar-refractivity contribution in [2.24, 2.45) is 0 Å². The zero-order chi connectivity index (χ0) is 9.26. The SMILES string of the molecule is S=c1[nH]c(-c2cn[nH]n2)ncc1Br. The molecule has 0 aliphatic carbocycles. The first-order chi connectivity index (χ1) is 6.27. The van der Waals surface area contributed by atoms with Gasteiger partial charge in [0.05, 0.1) is 10.7 Å². The molecule has 2 rings (SSSR count). The summed E-state index contributed by atoms with van der Waals surface area (Å²) in [5.74, 6) is 0.599. The number of halogens is 1. The minimum absolute atomic E-state index is 0.591. The highest BCUT2D eigenvalue weighted by Gasteiger charge is 2.02. The molecule has 0 amide bonds. The van der Waals surface area contributed by atoms with E-state index in [1.165, 1.54) is 0 Å². The number of nitrogens with one attached hydrogen (secondary N) is 2. The third kappa shape index (κ3) is 1.65. The molecular formula is C6H4BrN5S. The minimum Gasteiger partial charge on any atom is -0.328 e. The van der Waals surface area contributed by atoms with E-state index in [0.29, 0.717) is 16.2 Å². The van der Waals surface area contributed by atoms with Crippen LogP contribution in [-0.2, 0) is 0 Å². The Balaban J connectivity index is 2.55. The van der Waals surface area contributed by atoms with E-state index in [1.807, 2.05) is 0 Å². The molecule has 2 aromatic rings. The van der Waals surface area contributed by atoms with Crippen molar-refractivity contribution in [1.29, 1.82) is 0 Å². The van der Waals surface area contributed by atoms with Gasteiger partial charge in [0.25, 0.3) is 0 Å². The van der Waals surface area contributed by atoms with Crippen LogP contribution in [0.25, 0.3) is 11.5 Å². The summed E-state index contributed by atoms with van der Waals surface area (Å²) >= 11 is 8.26. The van der Waals surface area contributed by atoms with Crippen molar-refractivity contribution in [2.45, 2.75) is 0 Å². The molecule has 0 aliphatic rings. The summed E-state index contributed by atoms with van der Waals surface area (Å²) in [6, 6.07) is 0. The van der Waals surface area contributed by atoms with Crippen LogP contribution >= 0.6 is 28.1 Å². The van der Waals surface area contributed by atoms with Crippen LogP contribution in [0.4, 0.5) is 0 Å². The first kappa shape index (κ1) is 8.52. The maximum absolute atomic E-state index is 5.01. The lowest BCUT2D eigenvalue weighted by Gasteiger charge is -1.95. The van der Waals surface area contributed by atoms with Crippen molar-refractivity contribution < 1.29 is 0 Å². The summed E-state index contributed by atoms with van der Waals surface area (Å²) in [6.45, 7) is 0. The van der Waals surface area contributed by atoms with Crippen molar-refractivity contribution in [2.75, 3.05) is 0 Å². The molecule has 0 saturated carbocycles. The van der Waals surface area contributed by atoms with Gasteiger partial charge in [-0.05, 0) is 15.9 Å². The Morgan fingerprint density at radius 3 is 2.85 bits per heavy atom. The molecule has 2 aromatic heterocycles. The number of aromatic amines is 2. The summed E-state index contributed by atoms with van der Waals surface area (Å²) < 4.78 is 1.35. The average Bonchev–Trinajstić information content (AvgIpc) is 2.62. The largest absolute Gasteiger partial charge is 0.328 e. The Kier molecular flexibility index (Phi) is 2.19. The molecule has 7 heteroatoms. The molecule has 0 spiro atoms. The maximum atomic E-state index is 5.01. The van der Waals surface area contributed by atoms with Crippen molar-refractivity contribution in [3.63, 3.8) is 0 Å². The molecule has 0 bridgehead atoms. The second kappa shape index (κ2) is 3.35. The van der Waals surface area contributed by atoms with Crippen LogP contribution < -0.4 is 0 Å². The van der Waals surface area contributed by atoms with Crippen molar-refractivity contribution in [1.82, 2.24) is 25.4 Å². The smallest absolute Gasteiger partial charge is 0.160 e. The van der Waals surface area contributed by atoms with Crippen molar-refractivity contribution in [3.05, 3.63) is 21.5 Å². The van der Waals surface area contributed by atoms with Gasteiger partial charge in [-0.2, -0.15) is 15.4 Å². The van der Waals surface area contributed by atoms with E-state index < -0.39 is 0 Å². The standard InChI is InChI=1S/C6H4BrN5S/c7-3-1-8-5(10-6(3)13)4-2-9-12-11-4/h1-2H,(H,8,10,13)(H,9,11,12). The van der Waals surface area contributed by atoms with Gasteiger partial charge in [-0.3, -0.25) is 0 Å². The average molecular weight is 258 g/mol. The Labute approximate surface area is 86.7 Å². The summed E-state index contributed by atoms with van der Waals surface area (Å²) in [5.41, 5.74) is 0.638. The number of rotatable bonds is 1. The summed E-state index contributed by atoms with van der Waals surface area (Å²) in [6.07, 6.45) is 3.20. The van der Waals surface area contributed by atoms with Gasteiger partial charge in [0.2, 0.25) is 0 Å². The summed E-state index contributed by atoms with van der Waals surface area (Å²) in [4.78, 5) is 7.00. The van der Waals surface area contributed by atoms with E-state index in [2.05, 4.69) is 41.3 Å². The lowest BCUT2D eigenvalue weighted by atomic mass is 10.4. The Morgan fingerprint density at radius 2 is 2.23 bits per heavy atom. The molecule has 5 nitrogen and oxygen atoms in total. The second-order valence-electron chi connectivity index (χ2n) is 2.26. The molecule has 0 fully saturated rings. The topological polar surface area (TPSA) is 70.2 Å². The highest BCUT2D eigenvalue weighted by Crippen LogP contribution is 2.13. The van der Waals surface area contributed by atoms with Crippen LogP contribution in [0.3, 0.4) is 0 Å². The zero-order valence-corrected chi connectivity index (χ0v) is 8.69. The van der Waals surface area contributed by atoms with E-state index in [4.69, 9.17) is 12.2 Å². The molecule has 0 aromatic carbocycles. The first-order valence-corrected chi connectivity index (χ1v) is 4.58. The molecule has 13 heavy (non-hydrogen) atoms. The van der Waals surface area contributed by atoms with Crippen LogP contribution in [0.5, 0.6) is 0 Å². The van der Waals surface area contributed by atoms with E-state index in [-0.39, 0.29) is 0 Å². The fourth-order valence-corrected chi connectivity index (χ4v) is 1.18. The van der Waals surface area contributed by atoms with Crippen LogP contribution in [0.15, 0.2) is 16.9 Å². The van der Waals surface area contributed by atoms with Gasteiger partial charge in [-0.1, -0.05) is 12.2 Å². The number of nitrogens with zero attached hydrogens (tertiary/aromatic N) is 3. The summed E-state index contributed by atoms with van der Waals surface area (Å²) in [5, 5.41) is 10.0. The van der Waals surface area contributed by atoms with E-state index in [9.17, 15) is 0 Å². The van der Waals surface area contributed by atoms with E-state index in [1.54, 1.807) is 12.4 Å². The Morgan fingerprint density at radius 1 is 1.38 bits per heavy atom. The molecule has 0 atom stereocenters. The predicted molar refractivity (Wildman–Crippen MR) is 52.5 cm³/mol. The third-order valence-electron chi connectivity index (χ3n) is 1.41. The molecule has 2 heterocycles. The molecule has 2 N–H and O–H groups in total. The van der Waals surface area contributed by atoms with Gasteiger partial charge < -0.3 is 4.98 Å². The third-order valence-corrected chi connectivity index (χ3v) is 2.60. The fraction of sp³-hybridized carbons (Fsp3) is 0. The van der Waals surface area contributed by atoms with Crippen LogP contribution in [0.1, 0.15) is 0 Å². The Hall–Kier alpha value is -1.08. The van der Waals surface area contributed by atoms with Gasteiger partial charge in [0, 0.05) is 6.20 Å². The molecule has 0 aliphatic heterocycles. The van der Waals surface area contributed by atoms with Gasteiger partial charge in [-0.15, -0.1) is 0 Å². The van der Waals surface area contributed by atoms with Crippen LogP contribution in [0, 0.1) is 4.64 Å². The molecule has 0 unspecified atom stereocenters. The predicted octanol–water partition coefficient (Wildman–Crippen LogP) is 1.69. The normalized spacial score (nSPS) is 10.2. The maximum Gasteiger partial charge on any atom is 0.160 e. The van der Waals surface area contributed by atoms with Gasteiger partial charge in [0.1, 0.15) is 10.3 Å². The van der Waals surface area contributed by atoms with Gasteiger partial charge >= 0.3 is 0 Å². The molecule has 0 radical (unpaired) electrons. The number of hydrogen-bond donors (Lipinski definition) is 2. The molecule has 66 valence electrons. The lowest BCUT2D eigenvalue weighted by Crippen LogP contribution is -1.89. The van der Waals surface area contributed by atoms with E-state index in [0.717, 1.165) is 4.47 Å². The van der Waals surface area contributed by atoms with Gasteiger partial charge in [0.15, 0.2) is 5.82 Å². The molecular weight excluding hydrogens is 254 g/mol. The minimum atomic E-state index is 0.591. The highest BCUT2D eigenvalue weighted by atomic mass is 79.9. The van der Waals surface area contributed by atoms with Crippen LogP contribution in [0.2, 0.25) is 0 Å². The van der Waals surface area contributed by atoms with E-state index >= 15 is 0 Å². The number of H-pyrrole nitrogens is 2. The second-order valence-corrected chi connectivity index (χ2v) is 3.53. The molecule has 0 saturated heterocycles. The summed E-state index contributed by atoms with van der Waals surface area (Å²) in [7, 11) is 0. The van der Waals surface area contributed by atoms with Crippen molar-refractivity contribution in [3.8, 4) is 11.5 Å². The quantitative estimate of drug-likeness (QED) is 0.763. The number of aromatic nitrogens is 5. The van der Waals surface area contributed by atoms with Crippen LogP contribution in [-0.4, -0.2) is 25.4 Å². The lowest BCUT2D eigenvalue weighted by molar-refractivity contribution is 0.937. The highest BCUT2D eigenvalue weighted by molar-refractivity contribution is 9.10. The first-order valence-electron chi connectivity index (χ1n) is 3.38. The fourth-order valence-electron chi connectivity index (χ4n) is 0.825. The zero-order valence-electron chi connectivity index (χ0n) is 6.28. The monoisotopic (exact) mass is 257 g/mol. The number of hydrogen-bond acceptors (Lipinski definition) is 4. The van der Waals surface area contributed by atoms with Crippen molar-refractivity contribution >= 4 is 28.1 Å². The van der Waals surface area contributed by atoms with Gasteiger partial charge in [-0.25, -0.2) is 4.98 Å². The Bertz CT molecular complexity index is 462.